The summed E-state index contributed by atoms with van der Waals surface area (Å²) in [5.74, 6) is -0.0421. The number of amides is 1. The van der Waals surface area contributed by atoms with Crippen LogP contribution in [0.25, 0.3) is 10.6 Å². The molecule has 0 unspecified atom stereocenters. The molecule has 1 aliphatic heterocycles. The minimum Gasteiger partial charge on any atom is -0.337 e. The summed E-state index contributed by atoms with van der Waals surface area (Å²) < 4.78 is 0. The van der Waals surface area contributed by atoms with Gasteiger partial charge < -0.3 is 10.6 Å². The third-order valence-electron chi connectivity index (χ3n) is 3.71. The van der Waals surface area contributed by atoms with Crippen LogP contribution in [0.3, 0.4) is 0 Å². The molecule has 0 aliphatic carbocycles. The maximum Gasteiger partial charge on any atom is 0.273 e. The number of rotatable bonds is 2. The highest BCUT2D eigenvalue weighted by atomic mass is 35.5. The topological polar surface area (TPSA) is 59.2 Å². The highest BCUT2D eigenvalue weighted by Gasteiger charge is 2.23. The van der Waals surface area contributed by atoms with E-state index in [-0.39, 0.29) is 36.8 Å². The van der Waals surface area contributed by atoms with Crippen molar-refractivity contribution in [1.82, 2.24) is 9.88 Å². The van der Waals surface area contributed by atoms with Crippen LogP contribution in [0.5, 0.6) is 0 Å². The summed E-state index contributed by atoms with van der Waals surface area (Å²) in [7, 11) is 0. The van der Waals surface area contributed by atoms with Crippen molar-refractivity contribution in [3.63, 3.8) is 0 Å². The molecule has 0 bridgehead atoms. The summed E-state index contributed by atoms with van der Waals surface area (Å²) in [4.78, 5) is 18.7. The number of nitrogens with zero attached hydrogens (tertiary/aromatic N) is 2. The van der Waals surface area contributed by atoms with E-state index in [9.17, 15) is 4.79 Å². The van der Waals surface area contributed by atoms with Crippen molar-refractivity contribution >= 4 is 65.3 Å². The SMILES string of the molecule is Cl.Cl.NC1CCN(C(=O)c2csc(-c3ccc(Cl)cc3Cl)n2)CC1. The first-order valence-electron chi connectivity index (χ1n) is 7.00. The predicted octanol–water partition coefficient (Wildman–Crippen LogP) is 4.52. The van der Waals surface area contributed by atoms with Crippen LogP contribution in [0, 0.1) is 0 Å². The second kappa shape index (κ2) is 9.22. The Bertz CT molecular complexity index is 702. The van der Waals surface area contributed by atoms with E-state index in [4.69, 9.17) is 28.9 Å². The predicted molar refractivity (Wildman–Crippen MR) is 105 cm³/mol. The molecule has 2 aromatic rings. The van der Waals surface area contributed by atoms with Crippen LogP contribution < -0.4 is 5.73 Å². The molecule has 2 heterocycles. The number of halogens is 4. The number of nitrogens with two attached hydrogens (primary N) is 1. The zero-order valence-electron chi connectivity index (χ0n) is 12.6. The number of thiazole rings is 1. The molecule has 2 N–H and O–H groups in total. The molecule has 132 valence electrons. The van der Waals surface area contributed by atoms with Gasteiger partial charge in [-0.05, 0) is 31.0 Å². The van der Waals surface area contributed by atoms with E-state index in [1.807, 2.05) is 11.0 Å². The van der Waals surface area contributed by atoms with Gasteiger partial charge in [-0.1, -0.05) is 23.2 Å². The Morgan fingerprint density at radius 1 is 1.25 bits per heavy atom. The fourth-order valence-electron chi connectivity index (χ4n) is 2.42. The number of hydrogen-bond donors (Lipinski definition) is 1. The summed E-state index contributed by atoms with van der Waals surface area (Å²) in [6.07, 6.45) is 1.68. The summed E-state index contributed by atoms with van der Waals surface area (Å²) in [5.41, 5.74) is 7.12. The van der Waals surface area contributed by atoms with E-state index in [0.717, 1.165) is 23.4 Å². The molecule has 0 saturated carbocycles. The Morgan fingerprint density at radius 3 is 2.54 bits per heavy atom. The van der Waals surface area contributed by atoms with E-state index in [2.05, 4.69) is 4.98 Å². The van der Waals surface area contributed by atoms with Crippen LogP contribution >= 0.6 is 59.4 Å². The zero-order valence-corrected chi connectivity index (χ0v) is 16.5. The molecule has 1 saturated heterocycles. The summed E-state index contributed by atoms with van der Waals surface area (Å²) in [6, 6.07) is 5.45. The Morgan fingerprint density at radius 2 is 1.92 bits per heavy atom. The van der Waals surface area contributed by atoms with Gasteiger partial charge in [0.2, 0.25) is 0 Å². The van der Waals surface area contributed by atoms with Gasteiger partial charge in [-0.3, -0.25) is 4.79 Å². The first-order valence-corrected chi connectivity index (χ1v) is 8.64. The molecule has 1 aliphatic rings. The van der Waals surface area contributed by atoms with Crippen molar-refractivity contribution < 1.29 is 4.79 Å². The molecule has 0 atom stereocenters. The monoisotopic (exact) mass is 427 g/mol. The molecular formula is C15H17Cl4N3OS. The third kappa shape index (κ3) is 4.75. The number of likely N-dealkylation sites (tertiary alicyclic amines) is 1. The van der Waals surface area contributed by atoms with Crippen LogP contribution in [-0.2, 0) is 0 Å². The lowest BCUT2D eigenvalue weighted by Gasteiger charge is -2.29. The number of carbonyl (C=O) groups is 1. The van der Waals surface area contributed by atoms with E-state index >= 15 is 0 Å². The van der Waals surface area contributed by atoms with Gasteiger partial charge in [-0.2, -0.15) is 0 Å². The van der Waals surface area contributed by atoms with Crippen LogP contribution in [0.1, 0.15) is 23.3 Å². The summed E-state index contributed by atoms with van der Waals surface area (Å²) >= 11 is 13.5. The molecule has 1 aromatic carbocycles. The molecule has 1 amide bonds. The van der Waals surface area contributed by atoms with Crippen LogP contribution in [0.15, 0.2) is 23.6 Å². The molecule has 3 rings (SSSR count). The van der Waals surface area contributed by atoms with Crippen molar-refractivity contribution in [1.29, 1.82) is 0 Å². The lowest BCUT2D eigenvalue weighted by molar-refractivity contribution is 0.0709. The molecule has 1 fully saturated rings. The first kappa shape index (κ1) is 21.5. The minimum absolute atomic E-state index is 0. The van der Waals surface area contributed by atoms with E-state index in [1.165, 1.54) is 11.3 Å². The summed E-state index contributed by atoms with van der Waals surface area (Å²) in [5, 5.41) is 3.60. The maximum atomic E-state index is 12.5. The van der Waals surface area contributed by atoms with Crippen molar-refractivity contribution in [2.45, 2.75) is 18.9 Å². The van der Waals surface area contributed by atoms with Crippen molar-refractivity contribution in [2.24, 2.45) is 5.73 Å². The van der Waals surface area contributed by atoms with Gasteiger partial charge in [-0.15, -0.1) is 36.2 Å². The highest BCUT2D eigenvalue weighted by molar-refractivity contribution is 7.13. The second-order valence-corrected chi connectivity index (χ2v) is 6.99. The first-order chi connectivity index (χ1) is 10.5. The number of aromatic nitrogens is 1. The minimum atomic E-state index is -0.0421. The number of hydrogen-bond acceptors (Lipinski definition) is 4. The van der Waals surface area contributed by atoms with Gasteiger partial charge >= 0.3 is 0 Å². The van der Waals surface area contributed by atoms with Crippen molar-refractivity contribution in [3.05, 3.63) is 39.3 Å². The molecule has 0 spiro atoms. The largest absolute Gasteiger partial charge is 0.337 e. The standard InChI is InChI=1S/C15H15Cl2N3OS.2ClH/c16-9-1-2-11(12(17)7-9)14-19-13(8-22-14)15(21)20-5-3-10(18)4-6-20;;/h1-2,7-8,10H,3-6,18H2;2*1H. The number of carbonyl (C=O) groups excluding carboxylic acids is 1. The Hall–Kier alpha value is -0.560. The van der Waals surface area contributed by atoms with Crippen molar-refractivity contribution in [3.8, 4) is 10.6 Å². The van der Waals surface area contributed by atoms with Crippen LogP contribution in [0.4, 0.5) is 0 Å². The average molecular weight is 429 g/mol. The lowest BCUT2D eigenvalue weighted by Crippen LogP contribution is -2.42. The molecule has 1 aromatic heterocycles. The highest BCUT2D eigenvalue weighted by Crippen LogP contribution is 2.32. The molecule has 24 heavy (non-hydrogen) atoms. The van der Waals surface area contributed by atoms with Gasteiger partial charge in [-0.25, -0.2) is 4.98 Å². The third-order valence-corrected chi connectivity index (χ3v) is 5.14. The summed E-state index contributed by atoms with van der Waals surface area (Å²) in [6.45, 7) is 1.38. The average Bonchev–Trinajstić information content (AvgIpc) is 2.97. The van der Waals surface area contributed by atoms with E-state index < -0.39 is 0 Å². The van der Waals surface area contributed by atoms with Crippen LogP contribution in [-0.4, -0.2) is 34.9 Å². The zero-order chi connectivity index (χ0) is 15.7. The van der Waals surface area contributed by atoms with Crippen LogP contribution in [0.2, 0.25) is 10.0 Å². The molecular weight excluding hydrogens is 412 g/mol. The van der Waals surface area contributed by atoms with E-state index in [0.29, 0.717) is 28.8 Å². The van der Waals surface area contributed by atoms with Gasteiger partial charge in [0, 0.05) is 35.1 Å². The second-order valence-electron chi connectivity index (χ2n) is 5.29. The number of benzene rings is 1. The normalized spacial score (nSPS) is 14.7. The van der Waals surface area contributed by atoms with Gasteiger partial charge in [0.05, 0.1) is 5.02 Å². The molecule has 0 radical (unpaired) electrons. The maximum absolute atomic E-state index is 12.5. The fraction of sp³-hybridized carbons (Fsp3) is 0.333. The number of piperidine rings is 1. The Balaban J connectivity index is 0.00000144. The smallest absolute Gasteiger partial charge is 0.273 e. The Labute approximate surface area is 167 Å². The molecule has 4 nitrogen and oxygen atoms in total. The lowest BCUT2D eigenvalue weighted by atomic mass is 10.1. The fourth-order valence-corrected chi connectivity index (χ4v) is 3.81. The van der Waals surface area contributed by atoms with Crippen molar-refractivity contribution in [2.75, 3.05) is 13.1 Å². The quantitative estimate of drug-likeness (QED) is 0.764. The van der Waals surface area contributed by atoms with Gasteiger partial charge in [0.1, 0.15) is 10.7 Å². The Kier molecular flexibility index (Phi) is 8.26. The van der Waals surface area contributed by atoms with Gasteiger partial charge in [0.25, 0.3) is 5.91 Å². The van der Waals surface area contributed by atoms with E-state index in [1.54, 1.807) is 17.5 Å². The van der Waals surface area contributed by atoms with Gasteiger partial charge in [0.15, 0.2) is 0 Å². The molecule has 9 heteroatoms.